The van der Waals surface area contributed by atoms with Crippen LogP contribution in [0, 0.1) is 5.82 Å². The van der Waals surface area contributed by atoms with Crippen molar-refractivity contribution in [2.24, 2.45) is 0 Å². The van der Waals surface area contributed by atoms with E-state index in [1.54, 1.807) is 6.07 Å². The number of hydrogen-bond donors (Lipinski definition) is 0. The Balaban J connectivity index is 0.00000264. The molecule has 130 valence electrons. The molecule has 0 amide bonds. The van der Waals surface area contributed by atoms with E-state index in [1.807, 2.05) is 6.92 Å². The van der Waals surface area contributed by atoms with Gasteiger partial charge in [0.15, 0.2) is 0 Å². The Kier molecular flexibility index (Phi) is 7.94. The molecule has 3 nitrogen and oxygen atoms in total. The normalized spacial score (nSPS) is 17.2. The number of likely N-dealkylation sites (N-methyl/N-ethyl adjacent to an activating group) is 1. The summed E-state index contributed by atoms with van der Waals surface area (Å²) in [5.74, 6) is -0.865. The van der Waals surface area contributed by atoms with Gasteiger partial charge in [-0.3, -0.25) is 0 Å². The predicted molar refractivity (Wildman–Crippen MR) is 85.1 cm³/mol. The molecule has 2 rings (SSSR count). The van der Waals surface area contributed by atoms with Gasteiger partial charge in [0, 0.05) is 0 Å². The second-order valence-corrected chi connectivity index (χ2v) is 6.98. The van der Waals surface area contributed by atoms with Gasteiger partial charge in [0.05, 0.1) is 25.7 Å². The summed E-state index contributed by atoms with van der Waals surface area (Å²) >= 11 is 0. The van der Waals surface area contributed by atoms with E-state index in [4.69, 9.17) is 4.74 Å². The van der Waals surface area contributed by atoms with Crippen LogP contribution in [-0.4, -0.2) is 43.2 Å². The third-order valence-corrected chi connectivity index (χ3v) is 4.66. The van der Waals surface area contributed by atoms with Crippen molar-refractivity contribution in [1.29, 1.82) is 0 Å². The number of nitrogens with zero attached hydrogens (tertiary/aromatic N) is 1. The topological polar surface area (TPSA) is 26.3 Å². The van der Waals surface area contributed by atoms with Gasteiger partial charge in [-0.1, -0.05) is 12.5 Å². The summed E-state index contributed by atoms with van der Waals surface area (Å²) in [6, 6.07) is 6.29. The fourth-order valence-corrected chi connectivity index (χ4v) is 3.50. The lowest BCUT2D eigenvalue weighted by Crippen LogP contribution is -3.00. The maximum absolute atomic E-state index is 13.2. The molecule has 1 saturated carbocycles. The van der Waals surface area contributed by atoms with E-state index in [0.717, 1.165) is 11.0 Å². The summed E-state index contributed by atoms with van der Waals surface area (Å²) in [6.07, 6.45) is 6.23. The molecule has 0 aliphatic heterocycles. The van der Waals surface area contributed by atoms with Crippen LogP contribution in [0.15, 0.2) is 24.3 Å². The van der Waals surface area contributed by atoms with Crippen molar-refractivity contribution >= 4 is 5.97 Å². The summed E-state index contributed by atoms with van der Waals surface area (Å²) in [5, 5.41) is 0. The van der Waals surface area contributed by atoms with E-state index < -0.39 is 11.8 Å². The average Bonchev–Trinajstić information content (AvgIpc) is 2.47. The zero-order chi connectivity index (χ0) is 16.2. The molecule has 0 N–H and O–H groups in total. The predicted octanol–water partition coefficient (Wildman–Crippen LogP) is 0.784. The average molecular weight is 435 g/mol. The van der Waals surface area contributed by atoms with Crippen molar-refractivity contribution in [3.8, 4) is 0 Å². The lowest BCUT2D eigenvalue weighted by atomic mass is 9.93. The first-order valence-electron chi connectivity index (χ1n) is 8.18. The highest BCUT2D eigenvalue weighted by Gasteiger charge is 2.32. The number of esters is 1. The molecule has 0 saturated heterocycles. The molecule has 1 unspecified atom stereocenters. The molecule has 0 heterocycles. The van der Waals surface area contributed by atoms with Crippen LogP contribution < -0.4 is 24.0 Å². The molecule has 1 aliphatic carbocycles. The van der Waals surface area contributed by atoms with Crippen molar-refractivity contribution in [2.75, 3.05) is 20.6 Å². The van der Waals surface area contributed by atoms with Crippen molar-refractivity contribution in [1.82, 2.24) is 0 Å². The van der Waals surface area contributed by atoms with Crippen LogP contribution >= 0.6 is 0 Å². The van der Waals surface area contributed by atoms with E-state index in [2.05, 4.69) is 14.1 Å². The SMILES string of the molecule is CC(C[N+](C)(C)C1CCCCC1)OC(=O)c1cccc(F)c1.[I-]. The van der Waals surface area contributed by atoms with Crippen molar-refractivity contribution in [3.05, 3.63) is 35.6 Å². The van der Waals surface area contributed by atoms with E-state index in [0.29, 0.717) is 6.04 Å². The summed E-state index contributed by atoms with van der Waals surface area (Å²) < 4.78 is 19.5. The van der Waals surface area contributed by atoms with Crippen LogP contribution in [0.25, 0.3) is 0 Å². The number of rotatable bonds is 5. The van der Waals surface area contributed by atoms with E-state index in [1.165, 1.54) is 50.3 Å². The van der Waals surface area contributed by atoms with Crippen molar-refractivity contribution in [2.45, 2.75) is 51.2 Å². The smallest absolute Gasteiger partial charge is 0.338 e. The summed E-state index contributed by atoms with van der Waals surface area (Å²) in [5.41, 5.74) is 0.273. The van der Waals surface area contributed by atoms with Gasteiger partial charge in [-0.2, -0.15) is 0 Å². The minimum absolute atomic E-state index is 0. The number of carbonyl (C=O) groups excluding carboxylic acids is 1. The first-order chi connectivity index (χ1) is 10.4. The summed E-state index contributed by atoms with van der Waals surface area (Å²) in [4.78, 5) is 12.1. The number of halogens is 2. The lowest BCUT2D eigenvalue weighted by molar-refractivity contribution is -0.918. The number of hydrogen-bond acceptors (Lipinski definition) is 2. The second kappa shape index (κ2) is 8.97. The Bertz CT molecular complexity index is 515. The fourth-order valence-electron chi connectivity index (χ4n) is 3.50. The first-order valence-corrected chi connectivity index (χ1v) is 8.18. The van der Waals surface area contributed by atoms with Crippen LogP contribution in [0.1, 0.15) is 49.4 Å². The van der Waals surface area contributed by atoms with E-state index in [9.17, 15) is 9.18 Å². The van der Waals surface area contributed by atoms with E-state index in [-0.39, 0.29) is 35.6 Å². The van der Waals surface area contributed by atoms with Gasteiger partial charge < -0.3 is 33.2 Å². The third kappa shape index (κ3) is 6.03. The molecule has 1 aromatic rings. The zero-order valence-corrected chi connectivity index (χ0v) is 16.4. The third-order valence-electron chi connectivity index (χ3n) is 4.66. The zero-order valence-electron chi connectivity index (χ0n) is 14.2. The molecule has 1 fully saturated rings. The van der Waals surface area contributed by atoms with Gasteiger partial charge in [0.1, 0.15) is 18.5 Å². The molecule has 0 aromatic heterocycles. The molecule has 1 aromatic carbocycles. The molecule has 5 heteroatoms. The molecule has 0 radical (unpaired) electrons. The van der Waals surface area contributed by atoms with Crippen molar-refractivity contribution in [3.63, 3.8) is 0 Å². The maximum Gasteiger partial charge on any atom is 0.338 e. The second-order valence-electron chi connectivity index (χ2n) is 6.98. The first kappa shape index (κ1) is 20.4. The van der Waals surface area contributed by atoms with Gasteiger partial charge in [0.2, 0.25) is 0 Å². The highest BCUT2D eigenvalue weighted by atomic mass is 127. The van der Waals surface area contributed by atoms with Crippen LogP contribution in [0.4, 0.5) is 4.39 Å². The van der Waals surface area contributed by atoms with Gasteiger partial charge >= 0.3 is 5.97 Å². The number of ether oxygens (including phenoxy) is 1. The van der Waals surface area contributed by atoms with Gasteiger partial charge in [0.25, 0.3) is 0 Å². The van der Waals surface area contributed by atoms with Gasteiger partial charge in [-0.05, 0) is 50.8 Å². The molecule has 1 aliphatic rings. The summed E-state index contributed by atoms with van der Waals surface area (Å²) in [7, 11) is 4.42. The minimum Gasteiger partial charge on any atom is -1.00 e. The Hall–Kier alpha value is -0.690. The molecule has 1 atom stereocenters. The lowest BCUT2D eigenvalue weighted by Gasteiger charge is -2.41. The van der Waals surface area contributed by atoms with Crippen molar-refractivity contribution < 1.29 is 42.4 Å². The highest BCUT2D eigenvalue weighted by Crippen LogP contribution is 2.26. The van der Waals surface area contributed by atoms with Crippen LogP contribution in [0.3, 0.4) is 0 Å². The molecular formula is C18H27FINO2. The van der Waals surface area contributed by atoms with Crippen LogP contribution in [-0.2, 0) is 4.74 Å². The van der Waals surface area contributed by atoms with Gasteiger partial charge in [-0.25, -0.2) is 9.18 Å². The van der Waals surface area contributed by atoms with Crippen LogP contribution in [0.5, 0.6) is 0 Å². The monoisotopic (exact) mass is 435 g/mol. The minimum atomic E-state index is -0.448. The number of quaternary nitrogens is 1. The highest BCUT2D eigenvalue weighted by molar-refractivity contribution is 5.89. The fraction of sp³-hybridized carbons (Fsp3) is 0.611. The largest absolute Gasteiger partial charge is 1.00 e. The van der Waals surface area contributed by atoms with Crippen LogP contribution in [0.2, 0.25) is 0 Å². The molecule has 0 bridgehead atoms. The molecular weight excluding hydrogens is 408 g/mol. The van der Waals surface area contributed by atoms with E-state index >= 15 is 0 Å². The molecule has 0 spiro atoms. The molecule has 23 heavy (non-hydrogen) atoms. The number of carbonyl (C=O) groups is 1. The number of benzene rings is 1. The Morgan fingerprint density at radius 2 is 1.96 bits per heavy atom. The Labute approximate surface area is 155 Å². The standard InChI is InChI=1S/C18H27FNO2.HI/c1-14(13-20(2,3)17-10-5-4-6-11-17)22-18(21)15-8-7-9-16(19)12-15;/h7-9,12,14,17H,4-6,10-11,13H2,1-3H3;1H/q+1;/p-1. The Morgan fingerprint density at radius 1 is 1.30 bits per heavy atom. The summed E-state index contributed by atoms with van der Waals surface area (Å²) in [6.45, 7) is 2.70. The maximum atomic E-state index is 13.2. The Morgan fingerprint density at radius 3 is 2.57 bits per heavy atom. The van der Waals surface area contributed by atoms with Gasteiger partial charge in [-0.15, -0.1) is 0 Å². The quantitative estimate of drug-likeness (QED) is 0.389.